The number of allylic oxidation sites excluding steroid dienone is 4. The number of rotatable bonds is 0. The molecule has 0 spiro atoms. The molecular weight excluding hydrogens is 136 g/mol. The zero-order valence-electron chi connectivity index (χ0n) is 6.92. The maximum absolute atomic E-state index is 5.70. The molecule has 0 bridgehead atoms. The van der Waals surface area contributed by atoms with Crippen molar-refractivity contribution >= 4 is 0 Å². The Morgan fingerprint density at radius 2 is 2.36 bits per heavy atom. The fourth-order valence-electron chi connectivity index (χ4n) is 1.78. The Balaban J connectivity index is 2.12. The lowest BCUT2D eigenvalue weighted by atomic mass is 9.90. The molecule has 2 aliphatic rings. The zero-order chi connectivity index (χ0) is 7.68. The van der Waals surface area contributed by atoms with Gasteiger partial charge in [0.2, 0.25) is 0 Å². The third kappa shape index (κ3) is 1.32. The lowest BCUT2D eigenvalue weighted by Gasteiger charge is -2.31. The molecule has 1 aliphatic carbocycles. The van der Waals surface area contributed by atoms with Crippen molar-refractivity contribution in [2.45, 2.75) is 32.3 Å². The van der Waals surface area contributed by atoms with Gasteiger partial charge in [-0.15, -0.1) is 0 Å². The molecule has 0 aromatic rings. The molecular formula is C10H14O. The molecule has 0 aromatic heterocycles. The minimum atomic E-state index is 0.434. The van der Waals surface area contributed by atoms with Crippen molar-refractivity contribution in [1.82, 2.24) is 0 Å². The Morgan fingerprint density at radius 3 is 3.27 bits per heavy atom. The van der Waals surface area contributed by atoms with Gasteiger partial charge in [0.25, 0.3) is 0 Å². The Kier molecular flexibility index (Phi) is 1.72. The summed E-state index contributed by atoms with van der Waals surface area (Å²) in [5.74, 6) is 1.91. The third-order valence-corrected chi connectivity index (χ3v) is 2.48. The molecule has 0 N–H and O–H groups in total. The van der Waals surface area contributed by atoms with Gasteiger partial charge in [-0.2, -0.15) is 0 Å². The van der Waals surface area contributed by atoms with Crippen molar-refractivity contribution in [2.75, 3.05) is 0 Å². The van der Waals surface area contributed by atoms with Gasteiger partial charge in [0.15, 0.2) is 0 Å². The van der Waals surface area contributed by atoms with Crippen molar-refractivity contribution in [3.63, 3.8) is 0 Å². The fraction of sp³-hybridized carbons (Fsp3) is 0.600. The van der Waals surface area contributed by atoms with Crippen molar-refractivity contribution in [3.8, 4) is 0 Å². The molecule has 1 aliphatic heterocycles. The van der Waals surface area contributed by atoms with Crippen LogP contribution in [0.2, 0.25) is 0 Å². The normalized spacial score (nSPS) is 35.5. The number of fused-ring (bicyclic) bond motifs is 1. The van der Waals surface area contributed by atoms with Crippen molar-refractivity contribution in [2.24, 2.45) is 5.92 Å². The van der Waals surface area contributed by atoms with E-state index in [4.69, 9.17) is 4.74 Å². The van der Waals surface area contributed by atoms with Gasteiger partial charge in [-0.25, -0.2) is 0 Å². The molecule has 1 saturated heterocycles. The van der Waals surface area contributed by atoms with Gasteiger partial charge in [0.05, 0.1) is 11.9 Å². The maximum Gasteiger partial charge on any atom is 0.0997 e. The molecule has 1 nitrogen and oxygen atoms in total. The predicted molar refractivity (Wildman–Crippen MR) is 45.1 cm³/mol. The van der Waals surface area contributed by atoms with E-state index < -0.39 is 0 Å². The summed E-state index contributed by atoms with van der Waals surface area (Å²) in [7, 11) is 0. The highest BCUT2D eigenvalue weighted by Crippen LogP contribution is 2.32. The lowest BCUT2D eigenvalue weighted by Crippen LogP contribution is -2.22. The first-order valence-electron chi connectivity index (χ1n) is 4.39. The number of hydrogen-bond acceptors (Lipinski definition) is 1. The molecule has 11 heavy (non-hydrogen) atoms. The van der Waals surface area contributed by atoms with Crippen LogP contribution in [0.4, 0.5) is 0 Å². The van der Waals surface area contributed by atoms with Crippen LogP contribution in [0.1, 0.15) is 26.2 Å². The van der Waals surface area contributed by atoms with Crippen LogP contribution in [-0.4, -0.2) is 6.10 Å². The zero-order valence-corrected chi connectivity index (χ0v) is 6.92. The Bertz CT molecular complexity index is 203. The molecule has 1 fully saturated rings. The first kappa shape index (κ1) is 6.96. The Hall–Kier alpha value is -0.720. The van der Waals surface area contributed by atoms with Crippen LogP contribution in [0.3, 0.4) is 0 Å². The summed E-state index contributed by atoms with van der Waals surface area (Å²) in [6.07, 6.45) is 10.6. The summed E-state index contributed by atoms with van der Waals surface area (Å²) >= 11 is 0. The lowest BCUT2D eigenvalue weighted by molar-refractivity contribution is 0.0582. The minimum absolute atomic E-state index is 0.434. The highest BCUT2D eigenvalue weighted by Gasteiger charge is 2.24. The van der Waals surface area contributed by atoms with Crippen LogP contribution in [-0.2, 0) is 4.74 Å². The summed E-state index contributed by atoms with van der Waals surface area (Å²) in [5, 5.41) is 0. The highest BCUT2D eigenvalue weighted by molar-refractivity contribution is 5.17. The quantitative estimate of drug-likeness (QED) is 0.516. The molecule has 1 heteroatoms. The van der Waals surface area contributed by atoms with E-state index in [0.717, 1.165) is 0 Å². The van der Waals surface area contributed by atoms with Crippen LogP contribution in [0.25, 0.3) is 0 Å². The molecule has 0 saturated carbocycles. The van der Waals surface area contributed by atoms with Gasteiger partial charge in [-0.1, -0.05) is 12.2 Å². The molecule has 0 amide bonds. The monoisotopic (exact) mass is 150 g/mol. The predicted octanol–water partition coefficient (Wildman–Crippen LogP) is 2.65. The first-order chi connectivity index (χ1) is 5.36. The van der Waals surface area contributed by atoms with Gasteiger partial charge < -0.3 is 4.74 Å². The summed E-state index contributed by atoms with van der Waals surface area (Å²) in [4.78, 5) is 0. The summed E-state index contributed by atoms with van der Waals surface area (Å²) in [5.41, 5.74) is 0. The van der Waals surface area contributed by atoms with E-state index in [2.05, 4.69) is 25.2 Å². The topological polar surface area (TPSA) is 9.23 Å². The molecule has 60 valence electrons. The van der Waals surface area contributed by atoms with Crippen LogP contribution < -0.4 is 0 Å². The standard InChI is InChI=1S/C10H14O/c1-8-6-7-9-4-2-3-5-10(9)11-8/h2-3,5,8-9H,4,6-7H2,1H3. The molecule has 2 rings (SSSR count). The molecule has 2 unspecified atom stereocenters. The summed E-state index contributed by atoms with van der Waals surface area (Å²) in [6.45, 7) is 2.15. The fourth-order valence-corrected chi connectivity index (χ4v) is 1.78. The van der Waals surface area contributed by atoms with E-state index in [-0.39, 0.29) is 0 Å². The van der Waals surface area contributed by atoms with Crippen molar-refractivity contribution < 1.29 is 4.74 Å². The average Bonchev–Trinajstić information content (AvgIpc) is 2.04. The van der Waals surface area contributed by atoms with Gasteiger partial charge >= 0.3 is 0 Å². The van der Waals surface area contributed by atoms with E-state index in [9.17, 15) is 0 Å². The molecule has 1 heterocycles. The van der Waals surface area contributed by atoms with E-state index >= 15 is 0 Å². The Labute approximate surface area is 67.7 Å². The number of ether oxygens (including phenoxy) is 1. The first-order valence-corrected chi connectivity index (χ1v) is 4.39. The smallest absolute Gasteiger partial charge is 0.0997 e. The van der Waals surface area contributed by atoms with E-state index in [1.54, 1.807) is 0 Å². The largest absolute Gasteiger partial charge is 0.495 e. The average molecular weight is 150 g/mol. The molecule has 0 radical (unpaired) electrons. The summed E-state index contributed by atoms with van der Waals surface area (Å²) < 4.78 is 5.70. The minimum Gasteiger partial charge on any atom is -0.495 e. The van der Waals surface area contributed by atoms with Crippen LogP contribution >= 0.6 is 0 Å². The van der Waals surface area contributed by atoms with Gasteiger partial charge in [0.1, 0.15) is 0 Å². The molecule has 2 atom stereocenters. The van der Waals surface area contributed by atoms with Gasteiger partial charge in [0, 0.05) is 5.92 Å². The van der Waals surface area contributed by atoms with Gasteiger partial charge in [-0.05, 0) is 32.3 Å². The third-order valence-electron chi connectivity index (χ3n) is 2.48. The SMILES string of the molecule is CC1CCC2CC=CC=C2O1. The van der Waals surface area contributed by atoms with Crippen LogP contribution in [0, 0.1) is 5.92 Å². The molecule has 0 aromatic carbocycles. The van der Waals surface area contributed by atoms with Crippen molar-refractivity contribution in [1.29, 1.82) is 0 Å². The van der Waals surface area contributed by atoms with Crippen LogP contribution in [0.15, 0.2) is 24.0 Å². The number of hydrogen-bond donors (Lipinski definition) is 0. The van der Waals surface area contributed by atoms with E-state index in [0.29, 0.717) is 12.0 Å². The maximum atomic E-state index is 5.70. The van der Waals surface area contributed by atoms with Crippen LogP contribution in [0.5, 0.6) is 0 Å². The second kappa shape index (κ2) is 2.72. The van der Waals surface area contributed by atoms with Crippen molar-refractivity contribution in [3.05, 3.63) is 24.0 Å². The summed E-state index contributed by atoms with van der Waals surface area (Å²) in [6, 6.07) is 0. The van der Waals surface area contributed by atoms with E-state index in [1.807, 2.05) is 0 Å². The second-order valence-electron chi connectivity index (χ2n) is 3.44. The highest BCUT2D eigenvalue weighted by atomic mass is 16.5. The van der Waals surface area contributed by atoms with Gasteiger partial charge in [-0.3, -0.25) is 0 Å². The second-order valence-corrected chi connectivity index (χ2v) is 3.44. The Morgan fingerprint density at radius 1 is 1.45 bits per heavy atom. The van der Waals surface area contributed by atoms with E-state index in [1.165, 1.54) is 25.0 Å².